The van der Waals surface area contributed by atoms with Crippen molar-refractivity contribution in [2.45, 2.75) is 13.8 Å². The standard InChI is InChI=1S/C18H20N6S2/c1-13(21-23-17(25)19-15-9-5-3-6-10-15)14(2)22-24-18(26)20-16-11-7-4-8-12-16/h3-12H,1-2H3,(H2,19,23,25)(H2,20,24,26). The summed E-state index contributed by atoms with van der Waals surface area (Å²) in [4.78, 5) is 0. The zero-order valence-corrected chi connectivity index (χ0v) is 16.1. The zero-order valence-electron chi connectivity index (χ0n) is 14.5. The third-order valence-electron chi connectivity index (χ3n) is 3.24. The minimum atomic E-state index is 0.401. The van der Waals surface area contributed by atoms with Crippen LogP contribution >= 0.6 is 24.4 Å². The summed E-state index contributed by atoms with van der Waals surface area (Å²) in [5, 5.41) is 15.3. The van der Waals surface area contributed by atoms with Gasteiger partial charge in [0.1, 0.15) is 0 Å². The monoisotopic (exact) mass is 384 g/mol. The first kappa shape index (κ1) is 19.5. The van der Waals surface area contributed by atoms with Gasteiger partial charge in [-0.05, 0) is 62.5 Å². The average molecular weight is 385 g/mol. The predicted octanol–water partition coefficient (Wildman–Crippen LogP) is 3.71. The number of hydrogen-bond donors (Lipinski definition) is 4. The molecule has 0 heterocycles. The fourth-order valence-electron chi connectivity index (χ4n) is 1.79. The zero-order chi connectivity index (χ0) is 18.8. The smallest absolute Gasteiger partial charge is 0.191 e. The molecule has 4 N–H and O–H groups in total. The van der Waals surface area contributed by atoms with E-state index in [1.54, 1.807) is 0 Å². The fourth-order valence-corrected chi connectivity index (χ4v) is 2.12. The van der Waals surface area contributed by atoms with Crippen LogP contribution in [0.5, 0.6) is 0 Å². The van der Waals surface area contributed by atoms with Crippen LogP contribution in [0.25, 0.3) is 0 Å². The van der Waals surface area contributed by atoms with Gasteiger partial charge in [-0.15, -0.1) is 0 Å². The van der Waals surface area contributed by atoms with Gasteiger partial charge in [-0.25, -0.2) is 0 Å². The Kier molecular flexibility index (Phi) is 7.66. The van der Waals surface area contributed by atoms with Gasteiger partial charge in [0.2, 0.25) is 0 Å². The largest absolute Gasteiger partial charge is 0.331 e. The molecule has 0 aromatic heterocycles. The number of thiocarbonyl (C=S) groups is 2. The van der Waals surface area contributed by atoms with Crippen LogP contribution in [0, 0.1) is 0 Å². The molecule has 0 amide bonds. The van der Waals surface area contributed by atoms with Crippen LogP contribution in [-0.2, 0) is 0 Å². The molecule has 0 saturated carbocycles. The molecule has 0 bridgehead atoms. The van der Waals surface area contributed by atoms with Crippen LogP contribution < -0.4 is 21.5 Å². The maximum Gasteiger partial charge on any atom is 0.191 e. The van der Waals surface area contributed by atoms with E-state index in [1.807, 2.05) is 74.5 Å². The SMILES string of the molecule is CC(=NNC(=S)Nc1ccccc1)C(C)=NNC(=S)Nc1ccccc1. The molecule has 134 valence electrons. The van der Waals surface area contributed by atoms with E-state index < -0.39 is 0 Å². The lowest BCUT2D eigenvalue weighted by Gasteiger charge is -2.09. The molecule has 0 spiro atoms. The van der Waals surface area contributed by atoms with Crippen LogP contribution in [-0.4, -0.2) is 21.6 Å². The molecule has 2 rings (SSSR count). The van der Waals surface area contributed by atoms with Crippen molar-refractivity contribution in [3.05, 3.63) is 60.7 Å². The molecular formula is C18H20N6S2. The van der Waals surface area contributed by atoms with Crippen molar-refractivity contribution in [1.29, 1.82) is 0 Å². The van der Waals surface area contributed by atoms with Crippen LogP contribution in [0.2, 0.25) is 0 Å². The number of anilines is 2. The number of hydrazone groups is 2. The number of rotatable bonds is 5. The predicted molar refractivity (Wildman–Crippen MR) is 118 cm³/mol. The molecular weight excluding hydrogens is 364 g/mol. The Balaban J connectivity index is 1.82. The van der Waals surface area contributed by atoms with Crippen molar-refractivity contribution in [3.8, 4) is 0 Å². The number of para-hydroxylation sites is 2. The Morgan fingerprint density at radius 1 is 0.654 bits per heavy atom. The first-order valence-electron chi connectivity index (χ1n) is 7.87. The summed E-state index contributed by atoms with van der Waals surface area (Å²) in [5.74, 6) is 0. The maximum atomic E-state index is 5.20. The van der Waals surface area contributed by atoms with Gasteiger partial charge in [0.05, 0.1) is 11.4 Å². The van der Waals surface area contributed by atoms with Crippen LogP contribution in [0.4, 0.5) is 11.4 Å². The number of hydrogen-bond acceptors (Lipinski definition) is 4. The minimum absolute atomic E-state index is 0.401. The van der Waals surface area contributed by atoms with Gasteiger partial charge in [-0.2, -0.15) is 10.2 Å². The third kappa shape index (κ3) is 6.96. The molecule has 0 aliphatic carbocycles. The highest BCUT2D eigenvalue weighted by Gasteiger charge is 2.01. The molecule has 0 radical (unpaired) electrons. The highest BCUT2D eigenvalue weighted by Crippen LogP contribution is 2.05. The van der Waals surface area contributed by atoms with Crippen molar-refractivity contribution in [2.75, 3.05) is 10.6 Å². The summed E-state index contributed by atoms with van der Waals surface area (Å²) in [6, 6.07) is 19.3. The molecule has 0 aliphatic rings. The van der Waals surface area contributed by atoms with Crippen LogP contribution in [0.15, 0.2) is 70.9 Å². The first-order chi connectivity index (χ1) is 12.5. The minimum Gasteiger partial charge on any atom is -0.331 e. The molecule has 2 aromatic carbocycles. The summed E-state index contributed by atoms with van der Waals surface area (Å²) < 4.78 is 0. The molecule has 6 nitrogen and oxygen atoms in total. The number of benzene rings is 2. The number of nitrogens with zero attached hydrogens (tertiary/aromatic N) is 2. The highest BCUT2D eigenvalue weighted by atomic mass is 32.1. The Hall–Kier alpha value is -2.84. The lowest BCUT2D eigenvalue weighted by atomic mass is 10.3. The Bertz CT molecular complexity index is 733. The number of nitrogens with one attached hydrogen (secondary N) is 4. The van der Waals surface area contributed by atoms with Gasteiger partial charge in [0.15, 0.2) is 10.2 Å². The maximum absolute atomic E-state index is 5.20. The van der Waals surface area contributed by atoms with Gasteiger partial charge in [0, 0.05) is 11.4 Å². The molecule has 0 saturated heterocycles. The second-order valence-corrected chi connectivity index (χ2v) is 6.07. The Morgan fingerprint density at radius 2 is 1.00 bits per heavy atom. The second kappa shape index (κ2) is 10.2. The summed E-state index contributed by atoms with van der Waals surface area (Å²) >= 11 is 10.4. The summed E-state index contributed by atoms with van der Waals surface area (Å²) in [5.41, 5.74) is 8.72. The summed E-state index contributed by atoms with van der Waals surface area (Å²) in [7, 11) is 0. The van der Waals surface area contributed by atoms with E-state index in [0.717, 1.165) is 11.4 Å². The quantitative estimate of drug-likeness (QED) is 0.358. The fraction of sp³-hybridized carbons (Fsp3) is 0.111. The van der Waals surface area contributed by atoms with Crippen molar-refractivity contribution in [1.82, 2.24) is 10.9 Å². The normalized spacial score (nSPS) is 11.5. The molecule has 2 aromatic rings. The first-order valence-corrected chi connectivity index (χ1v) is 8.69. The molecule has 0 atom stereocenters. The second-order valence-electron chi connectivity index (χ2n) is 5.26. The van der Waals surface area contributed by atoms with Gasteiger partial charge < -0.3 is 10.6 Å². The van der Waals surface area contributed by atoms with Crippen molar-refractivity contribution in [2.24, 2.45) is 10.2 Å². The van der Waals surface area contributed by atoms with Gasteiger partial charge in [0.25, 0.3) is 0 Å². The Labute approximate surface area is 163 Å². The van der Waals surface area contributed by atoms with E-state index in [4.69, 9.17) is 24.4 Å². The van der Waals surface area contributed by atoms with E-state index in [9.17, 15) is 0 Å². The molecule has 26 heavy (non-hydrogen) atoms. The lowest BCUT2D eigenvalue weighted by Crippen LogP contribution is -2.28. The van der Waals surface area contributed by atoms with Gasteiger partial charge >= 0.3 is 0 Å². The van der Waals surface area contributed by atoms with Crippen LogP contribution in [0.1, 0.15) is 13.8 Å². The van der Waals surface area contributed by atoms with E-state index in [2.05, 4.69) is 31.7 Å². The highest BCUT2D eigenvalue weighted by molar-refractivity contribution is 7.80. The van der Waals surface area contributed by atoms with E-state index >= 15 is 0 Å². The van der Waals surface area contributed by atoms with Crippen LogP contribution in [0.3, 0.4) is 0 Å². The van der Waals surface area contributed by atoms with Crippen molar-refractivity contribution >= 4 is 57.5 Å². The van der Waals surface area contributed by atoms with E-state index in [0.29, 0.717) is 21.6 Å². The van der Waals surface area contributed by atoms with Gasteiger partial charge in [-0.3, -0.25) is 10.9 Å². The summed E-state index contributed by atoms with van der Waals surface area (Å²) in [6.07, 6.45) is 0. The molecule has 0 fully saturated rings. The lowest BCUT2D eigenvalue weighted by molar-refractivity contribution is 1.02. The topological polar surface area (TPSA) is 72.8 Å². The Morgan fingerprint density at radius 3 is 1.35 bits per heavy atom. The van der Waals surface area contributed by atoms with Gasteiger partial charge in [-0.1, -0.05) is 36.4 Å². The molecule has 0 unspecified atom stereocenters. The summed E-state index contributed by atoms with van der Waals surface area (Å²) in [6.45, 7) is 3.65. The van der Waals surface area contributed by atoms with Crippen molar-refractivity contribution < 1.29 is 0 Å². The molecule has 8 heteroatoms. The van der Waals surface area contributed by atoms with E-state index in [-0.39, 0.29) is 0 Å². The van der Waals surface area contributed by atoms with Crippen molar-refractivity contribution in [3.63, 3.8) is 0 Å². The molecule has 0 aliphatic heterocycles. The third-order valence-corrected chi connectivity index (χ3v) is 3.62. The average Bonchev–Trinajstić information content (AvgIpc) is 2.65. The van der Waals surface area contributed by atoms with E-state index in [1.165, 1.54) is 0 Å².